The smallest absolute Gasteiger partial charge is 0.416 e. The number of carboxylic acids is 1. The summed E-state index contributed by atoms with van der Waals surface area (Å²) in [5.74, 6) is -3.96. The average molecular weight is 488 g/mol. The first-order valence-electron chi connectivity index (χ1n) is 10.6. The Morgan fingerprint density at radius 2 is 1.53 bits per heavy atom. The number of halogens is 6. The van der Waals surface area contributed by atoms with Crippen LogP contribution in [-0.2, 0) is 11.0 Å². The number of nitrogens with zero attached hydrogens (tertiary/aromatic N) is 4. The first kappa shape index (κ1) is 24.0. The number of hydrogen-bond acceptors (Lipinski definition) is 5. The van der Waals surface area contributed by atoms with Crippen molar-refractivity contribution >= 4 is 23.2 Å². The predicted octanol–water partition coefficient (Wildman–Crippen LogP) is 3.76. The lowest BCUT2D eigenvalue weighted by Crippen LogP contribution is -2.52. The van der Waals surface area contributed by atoms with Gasteiger partial charge in [-0.15, -0.1) is 0 Å². The molecule has 184 valence electrons. The van der Waals surface area contributed by atoms with Crippen molar-refractivity contribution in [3.8, 4) is 0 Å². The van der Waals surface area contributed by atoms with Gasteiger partial charge in [0.05, 0.1) is 18.7 Å². The molecule has 0 radical (unpaired) electrons. The number of pyridine rings is 1. The van der Waals surface area contributed by atoms with Gasteiger partial charge in [-0.05, 0) is 18.2 Å². The molecule has 12 heteroatoms. The number of carboxylic acid groups (broad SMARTS) is 1. The van der Waals surface area contributed by atoms with Crippen molar-refractivity contribution in [1.82, 2.24) is 4.98 Å². The van der Waals surface area contributed by atoms with Gasteiger partial charge in [-0.25, -0.2) is 13.8 Å². The van der Waals surface area contributed by atoms with Gasteiger partial charge in [0.25, 0.3) is 0 Å². The third-order valence-corrected chi connectivity index (χ3v) is 6.13. The molecule has 2 aromatic rings. The van der Waals surface area contributed by atoms with Crippen LogP contribution in [0.5, 0.6) is 0 Å². The van der Waals surface area contributed by atoms with Crippen molar-refractivity contribution in [3.63, 3.8) is 0 Å². The molecule has 1 N–H and O–H groups in total. The number of piperazine rings is 1. The van der Waals surface area contributed by atoms with E-state index < -0.39 is 55.0 Å². The minimum atomic E-state index is -4.45. The van der Waals surface area contributed by atoms with Gasteiger partial charge in [0.1, 0.15) is 24.1 Å². The summed E-state index contributed by atoms with van der Waals surface area (Å²) in [6.45, 7) is 0.596. The lowest BCUT2D eigenvalue weighted by atomic mass is 9.93. The molecule has 2 fully saturated rings. The number of aromatic nitrogens is 1. The Bertz CT molecular complexity index is 1030. The molecule has 0 amide bonds. The van der Waals surface area contributed by atoms with Crippen LogP contribution in [0.25, 0.3) is 0 Å². The van der Waals surface area contributed by atoms with Crippen molar-refractivity contribution in [2.75, 3.05) is 54.0 Å². The number of alkyl halides is 5. The summed E-state index contributed by atoms with van der Waals surface area (Å²) in [5, 5.41) is 9.02. The molecule has 2 aliphatic heterocycles. The fraction of sp³-hybridized carbons (Fsp3) is 0.455. The molecular weight excluding hydrogens is 466 g/mol. The van der Waals surface area contributed by atoms with Gasteiger partial charge in [0.15, 0.2) is 0 Å². The first-order valence-corrected chi connectivity index (χ1v) is 10.6. The third kappa shape index (κ3) is 5.00. The Kier molecular flexibility index (Phi) is 6.50. The van der Waals surface area contributed by atoms with Crippen LogP contribution in [0.15, 0.2) is 36.4 Å². The van der Waals surface area contributed by atoms with Crippen LogP contribution >= 0.6 is 0 Å². The standard InChI is InChI=1S/C22H22F6N4O2/c23-16-11-32(12-17(24)20(16)21(33)34)15-9-18(25)29-19(10-15)31-6-4-30(5-7-31)14-3-1-2-13(8-14)22(26,27)28/h1-3,8-10,16-17,20H,4-7,11-12H2,(H,33,34). The van der Waals surface area contributed by atoms with Gasteiger partial charge in [0.2, 0.25) is 5.95 Å². The maximum Gasteiger partial charge on any atom is 0.416 e. The van der Waals surface area contributed by atoms with E-state index in [0.717, 1.165) is 18.2 Å². The largest absolute Gasteiger partial charge is 0.481 e. The molecule has 0 aliphatic carbocycles. The van der Waals surface area contributed by atoms with E-state index in [1.54, 1.807) is 15.9 Å². The van der Waals surface area contributed by atoms with Crippen LogP contribution < -0.4 is 14.7 Å². The highest BCUT2D eigenvalue weighted by atomic mass is 19.4. The van der Waals surface area contributed by atoms with Gasteiger partial charge >= 0.3 is 12.1 Å². The predicted molar refractivity (Wildman–Crippen MR) is 113 cm³/mol. The van der Waals surface area contributed by atoms with Crippen molar-refractivity contribution in [3.05, 3.63) is 47.9 Å². The number of rotatable bonds is 4. The molecule has 4 rings (SSSR count). The SMILES string of the molecule is O=C(O)C1C(F)CN(c2cc(F)nc(N3CCN(c4cccc(C(F)(F)F)c4)CC3)c2)CC1F. The molecule has 2 atom stereocenters. The zero-order chi connectivity index (χ0) is 24.6. The highest BCUT2D eigenvalue weighted by Gasteiger charge is 2.42. The molecule has 34 heavy (non-hydrogen) atoms. The van der Waals surface area contributed by atoms with E-state index in [9.17, 15) is 31.1 Å². The second-order valence-corrected chi connectivity index (χ2v) is 8.33. The maximum atomic E-state index is 14.3. The van der Waals surface area contributed by atoms with Crippen molar-refractivity contribution in [2.45, 2.75) is 18.5 Å². The summed E-state index contributed by atoms with van der Waals surface area (Å²) in [7, 11) is 0. The Hall–Kier alpha value is -3.18. The molecule has 1 aromatic heterocycles. The van der Waals surface area contributed by atoms with Crippen LogP contribution in [0, 0.1) is 11.9 Å². The Balaban J connectivity index is 1.46. The van der Waals surface area contributed by atoms with E-state index in [-0.39, 0.29) is 11.5 Å². The van der Waals surface area contributed by atoms with Gasteiger partial charge in [0, 0.05) is 49.7 Å². The van der Waals surface area contributed by atoms with Crippen LogP contribution in [0.3, 0.4) is 0 Å². The van der Waals surface area contributed by atoms with Crippen molar-refractivity contribution < 1.29 is 36.2 Å². The zero-order valence-corrected chi connectivity index (χ0v) is 17.9. The summed E-state index contributed by atoms with van der Waals surface area (Å²) in [6.07, 6.45) is -8.37. The molecule has 0 spiro atoms. The maximum absolute atomic E-state index is 14.3. The molecule has 3 heterocycles. The van der Waals surface area contributed by atoms with E-state index in [1.165, 1.54) is 17.0 Å². The van der Waals surface area contributed by atoms with Gasteiger partial charge in [-0.2, -0.15) is 17.6 Å². The monoisotopic (exact) mass is 488 g/mol. The second kappa shape index (κ2) is 9.22. The molecule has 0 bridgehead atoms. The molecule has 2 saturated heterocycles. The fourth-order valence-electron chi connectivity index (χ4n) is 4.36. The molecular formula is C22H22F6N4O2. The number of benzene rings is 1. The summed E-state index contributed by atoms with van der Waals surface area (Å²) in [4.78, 5) is 19.7. The molecule has 0 saturated carbocycles. The summed E-state index contributed by atoms with van der Waals surface area (Å²) in [5.41, 5.74) is -0.142. The Morgan fingerprint density at radius 3 is 2.12 bits per heavy atom. The van der Waals surface area contributed by atoms with E-state index in [1.807, 2.05) is 0 Å². The van der Waals surface area contributed by atoms with Crippen molar-refractivity contribution in [2.24, 2.45) is 5.92 Å². The van der Waals surface area contributed by atoms with E-state index in [2.05, 4.69) is 4.98 Å². The molecule has 2 unspecified atom stereocenters. The third-order valence-electron chi connectivity index (χ3n) is 6.13. The lowest BCUT2D eigenvalue weighted by Gasteiger charge is -2.38. The van der Waals surface area contributed by atoms with Crippen molar-refractivity contribution in [1.29, 1.82) is 0 Å². The van der Waals surface area contributed by atoms with Crippen LogP contribution in [0.2, 0.25) is 0 Å². The van der Waals surface area contributed by atoms with Gasteiger partial charge in [-0.1, -0.05) is 6.07 Å². The Labute approximate surface area is 191 Å². The van der Waals surface area contributed by atoms with Crippen LogP contribution in [0.1, 0.15) is 5.56 Å². The van der Waals surface area contributed by atoms with Gasteiger partial charge < -0.3 is 19.8 Å². The fourth-order valence-corrected chi connectivity index (χ4v) is 4.36. The minimum absolute atomic E-state index is 0.178. The number of anilines is 3. The van der Waals surface area contributed by atoms with E-state index in [4.69, 9.17) is 5.11 Å². The van der Waals surface area contributed by atoms with E-state index >= 15 is 0 Å². The molecule has 2 aliphatic rings. The quantitative estimate of drug-likeness (QED) is 0.523. The zero-order valence-electron chi connectivity index (χ0n) is 17.9. The summed E-state index contributed by atoms with van der Waals surface area (Å²) >= 11 is 0. The normalized spacial score (nSPS) is 23.8. The summed E-state index contributed by atoms with van der Waals surface area (Å²) in [6, 6.07) is 7.52. The van der Waals surface area contributed by atoms with E-state index in [0.29, 0.717) is 31.9 Å². The number of piperidine rings is 1. The topological polar surface area (TPSA) is 59.9 Å². The second-order valence-electron chi connectivity index (χ2n) is 8.33. The van der Waals surface area contributed by atoms with Crippen LogP contribution in [0.4, 0.5) is 43.5 Å². The highest BCUT2D eigenvalue weighted by Crippen LogP contribution is 2.33. The minimum Gasteiger partial charge on any atom is -0.481 e. The lowest BCUT2D eigenvalue weighted by molar-refractivity contribution is -0.147. The first-order chi connectivity index (χ1) is 16.0. The number of carbonyl (C=O) groups is 1. The summed E-state index contributed by atoms with van der Waals surface area (Å²) < 4.78 is 81.9. The average Bonchev–Trinajstić information content (AvgIpc) is 2.77. The number of hydrogen-bond donors (Lipinski definition) is 1. The Morgan fingerprint density at radius 1 is 0.912 bits per heavy atom. The molecule has 6 nitrogen and oxygen atoms in total. The number of aliphatic carboxylic acids is 1. The highest BCUT2D eigenvalue weighted by molar-refractivity contribution is 5.72. The van der Waals surface area contributed by atoms with Crippen LogP contribution in [-0.4, -0.2) is 67.7 Å². The van der Waals surface area contributed by atoms with Gasteiger partial charge in [-0.3, -0.25) is 4.79 Å². The molecule has 1 aromatic carbocycles.